The van der Waals surface area contributed by atoms with Crippen molar-refractivity contribution in [2.75, 3.05) is 32.8 Å². The van der Waals surface area contributed by atoms with E-state index in [2.05, 4.69) is 5.32 Å². The van der Waals surface area contributed by atoms with E-state index < -0.39 is 0 Å². The lowest BCUT2D eigenvalue weighted by Crippen LogP contribution is -2.56. The summed E-state index contributed by atoms with van der Waals surface area (Å²) < 4.78 is 11.3. The van der Waals surface area contributed by atoms with Gasteiger partial charge >= 0.3 is 6.09 Å². The number of morpholine rings is 1. The molecule has 0 aliphatic carbocycles. The molecule has 5 heteroatoms. The normalized spacial score (nSPS) is 21.7. The van der Waals surface area contributed by atoms with E-state index in [0.717, 1.165) is 32.5 Å². The Morgan fingerprint density at radius 1 is 1.25 bits per heavy atom. The second-order valence-electron chi connectivity index (χ2n) is 5.38. The molecule has 0 unspecified atom stereocenters. The average Bonchev–Trinajstić information content (AvgIpc) is 2.50. The third kappa shape index (κ3) is 2.94. The zero-order valence-corrected chi connectivity index (χ0v) is 11.5. The molecule has 0 aromatic heterocycles. The minimum Gasteiger partial charge on any atom is -0.410 e. The number of para-hydroxylation sites is 1. The zero-order valence-electron chi connectivity index (χ0n) is 11.5. The van der Waals surface area contributed by atoms with E-state index in [4.69, 9.17) is 9.47 Å². The predicted molar refractivity (Wildman–Crippen MR) is 74.8 cm³/mol. The van der Waals surface area contributed by atoms with Gasteiger partial charge in [0.05, 0.1) is 12.2 Å². The molecule has 1 spiro atoms. The van der Waals surface area contributed by atoms with Gasteiger partial charge in [0.15, 0.2) is 0 Å². The Labute approximate surface area is 118 Å². The van der Waals surface area contributed by atoms with Gasteiger partial charge in [0.2, 0.25) is 0 Å². The third-order valence-electron chi connectivity index (χ3n) is 4.02. The van der Waals surface area contributed by atoms with Crippen LogP contribution in [0.15, 0.2) is 30.3 Å². The maximum atomic E-state index is 12.1. The highest BCUT2D eigenvalue weighted by molar-refractivity contribution is 5.70. The van der Waals surface area contributed by atoms with Crippen LogP contribution in [0.5, 0.6) is 5.75 Å². The summed E-state index contributed by atoms with van der Waals surface area (Å²) in [6, 6.07) is 9.19. The number of hydrogen-bond acceptors (Lipinski definition) is 4. The molecule has 2 aliphatic rings. The van der Waals surface area contributed by atoms with Crippen LogP contribution in [0.25, 0.3) is 0 Å². The molecule has 108 valence electrons. The summed E-state index contributed by atoms with van der Waals surface area (Å²) in [6.07, 6.45) is 1.46. The second kappa shape index (κ2) is 5.81. The Bertz CT molecular complexity index is 447. The molecule has 0 atom stereocenters. The van der Waals surface area contributed by atoms with Crippen LogP contribution in [0.1, 0.15) is 12.8 Å². The first-order valence-corrected chi connectivity index (χ1v) is 7.14. The minimum absolute atomic E-state index is 0.0816. The fourth-order valence-electron chi connectivity index (χ4n) is 2.78. The highest BCUT2D eigenvalue weighted by atomic mass is 16.6. The van der Waals surface area contributed by atoms with Gasteiger partial charge in [0.25, 0.3) is 0 Å². The molecule has 2 saturated heterocycles. The largest absolute Gasteiger partial charge is 0.415 e. The molecule has 0 radical (unpaired) electrons. The van der Waals surface area contributed by atoms with Crippen molar-refractivity contribution in [1.29, 1.82) is 0 Å². The minimum atomic E-state index is -0.269. The summed E-state index contributed by atoms with van der Waals surface area (Å²) >= 11 is 0. The molecule has 1 aromatic carbocycles. The number of benzene rings is 1. The molecule has 20 heavy (non-hydrogen) atoms. The first-order chi connectivity index (χ1) is 9.77. The lowest BCUT2D eigenvalue weighted by molar-refractivity contribution is -0.0959. The van der Waals surface area contributed by atoms with Gasteiger partial charge in [-0.1, -0.05) is 18.2 Å². The highest BCUT2D eigenvalue weighted by Crippen LogP contribution is 2.27. The summed E-state index contributed by atoms with van der Waals surface area (Å²) in [6.45, 7) is 3.94. The summed E-state index contributed by atoms with van der Waals surface area (Å²) in [7, 11) is 0. The topological polar surface area (TPSA) is 50.8 Å². The third-order valence-corrected chi connectivity index (χ3v) is 4.02. The van der Waals surface area contributed by atoms with Crippen LogP contribution in [0.4, 0.5) is 4.79 Å². The van der Waals surface area contributed by atoms with Gasteiger partial charge in [-0.3, -0.25) is 0 Å². The molecular formula is C15H20N2O3. The Morgan fingerprint density at radius 3 is 2.65 bits per heavy atom. The van der Waals surface area contributed by atoms with Gasteiger partial charge in [-0.15, -0.1) is 0 Å². The molecule has 5 nitrogen and oxygen atoms in total. The van der Waals surface area contributed by atoms with Crippen LogP contribution in [0.2, 0.25) is 0 Å². The van der Waals surface area contributed by atoms with Crippen molar-refractivity contribution in [2.45, 2.75) is 18.4 Å². The van der Waals surface area contributed by atoms with Gasteiger partial charge in [-0.2, -0.15) is 0 Å². The van der Waals surface area contributed by atoms with Gasteiger partial charge in [-0.05, 0) is 25.0 Å². The molecule has 2 heterocycles. The van der Waals surface area contributed by atoms with Crippen molar-refractivity contribution in [3.63, 3.8) is 0 Å². The van der Waals surface area contributed by atoms with Crippen LogP contribution < -0.4 is 10.1 Å². The molecule has 1 N–H and O–H groups in total. The Morgan fingerprint density at radius 2 is 2.00 bits per heavy atom. The van der Waals surface area contributed by atoms with E-state index in [1.165, 1.54) is 0 Å². The number of ether oxygens (including phenoxy) is 2. The monoisotopic (exact) mass is 276 g/mol. The maximum Gasteiger partial charge on any atom is 0.415 e. The van der Waals surface area contributed by atoms with Gasteiger partial charge in [-0.25, -0.2) is 4.79 Å². The number of hydrogen-bond donors (Lipinski definition) is 1. The fourth-order valence-corrected chi connectivity index (χ4v) is 2.78. The van der Waals surface area contributed by atoms with E-state index in [9.17, 15) is 4.79 Å². The van der Waals surface area contributed by atoms with E-state index in [0.29, 0.717) is 18.8 Å². The molecule has 2 fully saturated rings. The van der Waals surface area contributed by atoms with Crippen molar-refractivity contribution in [3.8, 4) is 5.75 Å². The van der Waals surface area contributed by atoms with E-state index in [-0.39, 0.29) is 11.7 Å². The molecular weight excluding hydrogens is 256 g/mol. The molecule has 3 rings (SSSR count). The Balaban J connectivity index is 1.54. The summed E-state index contributed by atoms with van der Waals surface area (Å²) in [5.74, 6) is 0.591. The van der Waals surface area contributed by atoms with Crippen LogP contribution in [-0.2, 0) is 4.74 Å². The lowest BCUT2D eigenvalue weighted by Gasteiger charge is -2.43. The number of rotatable bonds is 1. The van der Waals surface area contributed by atoms with Gasteiger partial charge in [0, 0.05) is 26.2 Å². The molecule has 0 bridgehead atoms. The van der Waals surface area contributed by atoms with Gasteiger partial charge < -0.3 is 19.7 Å². The summed E-state index contributed by atoms with van der Waals surface area (Å²) in [4.78, 5) is 13.8. The SMILES string of the molecule is O=C(Oc1ccccc1)N1CCC2(CC1)CNCCO2. The van der Waals surface area contributed by atoms with Crippen LogP contribution in [-0.4, -0.2) is 49.4 Å². The predicted octanol–water partition coefficient (Wildman–Crippen LogP) is 1.64. The summed E-state index contributed by atoms with van der Waals surface area (Å²) in [5, 5.41) is 3.37. The molecule has 1 aromatic rings. The maximum absolute atomic E-state index is 12.1. The van der Waals surface area contributed by atoms with E-state index in [1.54, 1.807) is 17.0 Å². The average molecular weight is 276 g/mol. The standard InChI is InChI=1S/C15H20N2O3/c18-14(20-13-4-2-1-3-5-13)17-9-6-15(7-10-17)12-16-8-11-19-15/h1-5,16H,6-12H2. The summed E-state index contributed by atoms with van der Waals surface area (Å²) in [5.41, 5.74) is -0.0816. The number of nitrogens with one attached hydrogen (secondary N) is 1. The fraction of sp³-hybridized carbons (Fsp3) is 0.533. The number of carbonyl (C=O) groups excluding carboxylic acids is 1. The first-order valence-electron chi connectivity index (χ1n) is 7.14. The van der Waals surface area contributed by atoms with Crippen LogP contribution in [0.3, 0.4) is 0 Å². The van der Waals surface area contributed by atoms with E-state index >= 15 is 0 Å². The number of amides is 1. The molecule has 0 saturated carbocycles. The quantitative estimate of drug-likeness (QED) is 0.847. The van der Waals surface area contributed by atoms with Crippen LogP contribution in [0, 0.1) is 0 Å². The number of carbonyl (C=O) groups is 1. The highest BCUT2D eigenvalue weighted by Gasteiger charge is 2.38. The first kappa shape index (κ1) is 13.4. The number of nitrogens with zero attached hydrogens (tertiary/aromatic N) is 1. The van der Waals surface area contributed by atoms with Crippen molar-refractivity contribution in [3.05, 3.63) is 30.3 Å². The van der Waals surface area contributed by atoms with Crippen LogP contribution >= 0.6 is 0 Å². The number of likely N-dealkylation sites (tertiary alicyclic amines) is 1. The van der Waals surface area contributed by atoms with Crippen molar-refractivity contribution in [1.82, 2.24) is 10.2 Å². The Hall–Kier alpha value is -1.59. The number of piperidine rings is 1. The molecule has 2 aliphatic heterocycles. The molecule has 1 amide bonds. The van der Waals surface area contributed by atoms with Gasteiger partial charge in [0.1, 0.15) is 5.75 Å². The van der Waals surface area contributed by atoms with Crippen molar-refractivity contribution >= 4 is 6.09 Å². The smallest absolute Gasteiger partial charge is 0.410 e. The second-order valence-corrected chi connectivity index (χ2v) is 5.38. The van der Waals surface area contributed by atoms with Crippen molar-refractivity contribution < 1.29 is 14.3 Å². The Kier molecular flexibility index (Phi) is 3.89. The van der Waals surface area contributed by atoms with Crippen molar-refractivity contribution in [2.24, 2.45) is 0 Å². The zero-order chi connectivity index (χ0) is 13.8. The van der Waals surface area contributed by atoms with E-state index in [1.807, 2.05) is 18.2 Å². The lowest BCUT2D eigenvalue weighted by atomic mass is 9.90.